The molecule has 0 atom stereocenters. The van der Waals surface area contributed by atoms with Crippen molar-refractivity contribution >= 4 is 27.3 Å². The lowest BCUT2D eigenvalue weighted by molar-refractivity contribution is 0.475. The molecule has 2 aromatic carbocycles. The van der Waals surface area contributed by atoms with E-state index in [1.54, 1.807) is 24.3 Å². The normalized spacial score (nSPS) is 11.2. The summed E-state index contributed by atoms with van der Waals surface area (Å²) < 4.78 is 26.3. The summed E-state index contributed by atoms with van der Waals surface area (Å²) in [6, 6.07) is 12.9. The summed E-state index contributed by atoms with van der Waals surface area (Å²) in [5, 5.41) is 9.36. The first-order chi connectivity index (χ1) is 8.96. The highest BCUT2D eigenvalue weighted by molar-refractivity contribution is 7.91. The molecule has 0 aliphatic heterocycles. The number of rotatable bonds is 4. The van der Waals surface area contributed by atoms with Crippen molar-refractivity contribution in [1.29, 1.82) is 0 Å². The van der Waals surface area contributed by atoms with Crippen molar-refractivity contribution < 1.29 is 13.5 Å². The highest BCUT2D eigenvalue weighted by atomic mass is 35.5. The van der Waals surface area contributed by atoms with Crippen LogP contribution in [0.3, 0.4) is 0 Å². The second-order valence-electron chi connectivity index (χ2n) is 4.01. The molecule has 0 unspecified atom stereocenters. The van der Waals surface area contributed by atoms with Gasteiger partial charge in [-0.1, -0.05) is 41.9 Å². The molecule has 100 valence electrons. The average Bonchev–Trinajstić information content (AvgIpc) is 2.33. The Kier molecular flexibility index (Phi) is 3.97. The van der Waals surface area contributed by atoms with Crippen molar-refractivity contribution in [2.24, 2.45) is 0 Å². The SMILES string of the molecule is O=S(=O)(Cc1ccccc1)Nc1ccc(O)cc1Cl. The molecular formula is C13H12ClNO3S. The lowest BCUT2D eigenvalue weighted by atomic mass is 10.2. The number of anilines is 1. The van der Waals surface area contributed by atoms with Crippen molar-refractivity contribution in [3.05, 3.63) is 59.1 Å². The van der Waals surface area contributed by atoms with Crippen molar-refractivity contribution in [3.8, 4) is 5.75 Å². The molecule has 2 rings (SSSR count). The van der Waals surface area contributed by atoms with Crippen LogP contribution in [0.15, 0.2) is 48.5 Å². The fraction of sp³-hybridized carbons (Fsp3) is 0.0769. The number of benzene rings is 2. The van der Waals surface area contributed by atoms with E-state index >= 15 is 0 Å². The van der Waals surface area contributed by atoms with E-state index in [0.29, 0.717) is 5.56 Å². The Hall–Kier alpha value is -1.72. The fourth-order valence-electron chi connectivity index (χ4n) is 1.58. The van der Waals surface area contributed by atoms with Crippen LogP contribution in [0.4, 0.5) is 5.69 Å². The van der Waals surface area contributed by atoms with Crippen LogP contribution in [0, 0.1) is 0 Å². The first kappa shape index (κ1) is 13.7. The Morgan fingerprint density at radius 1 is 1.11 bits per heavy atom. The minimum Gasteiger partial charge on any atom is -0.508 e. The predicted octanol–water partition coefficient (Wildman–Crippen LogP) is 2.99. The monoisotopic (exact) mass is 297 g/mol. The van der Waals surface area contributed by atoms with Crippen molar-refractivity contribution in [3.63, 3.8) is 0 Å². The van der Waals surface area contributed by atoms with Crippen LogP contribution in [0.1, 0.15) is 5.56 Å². The summed E-state index contributed by atoms with van der Waals surface area (Å²) in [6.07, 6.45) is 0. The van der Waals surface area contributed by atoms with Crippen LogP contribution in [0.2, 0.25) is 5.02 Å². The molecule has 0 aliphatic rings. The highest BCUT2D eigenvalue weighted by Crippen LogP contribution is 2.27. The van der Waals surface area contributed by atoms with Crippen LogP contribution < -0.4 is 4.72 Å². The summed E-state index contributed by atoms with van der Waals surface area (Å²) in [5.74, 6) is -0.151. The van der Waals surface area contributed by atoms with E-state index in [0.717, 1.165) is 0 Å². The number of aromatic hydroxyl groups is 1. The Morgan fingerprint density at radius 3 is 2.42 bits per heavy atom. The molecule has 0 bridgehead atoms. The maximum atomic E-state index is 12.0. The van der Waals surface area contributed by atoms with Gasteiger partial charge in [-0.15, -0.1) is 0 Å². The number of phenolic OH excluding ortho intramolecular Hbond substituents is 1. The van der Waals surface area contributed by atoms with E-state index in [-0.39, 0.29) is 22.2 Å². The lowest BCUT2D eigenvalue weighted by Crippen LogP contribution is -2.15. The van der Waals surface area contributed by atoms with Gasteiger partial charge in [0.1, 0.15) is 5.75 Å². The van der Waals surface area contributed by atoms with Gasteiger partial charge in [-0.2, -0.15) is 0 Å². The molecule has 0 saturated heterocycles. The standard InChI is InChI=1S/C13H12ClNO3S/c14-12-8-11(16)6-7-13(12)15-19(17,18)9-10-4-2-1-3-5-10/h1-8,15-16H,9H2. The number of halogens is 1. The third kappa shape index (κ3) is 3.87. The molecule has 0 aromatic heterocycles. The Balaban J connectivity index is 2.17. The Morgan fingerprint density at radius 2 is 1.79 bits per heavy atom. The largest absolute Gasteiger partial charge is 0.508 e. The molecule has 0 radical (unpaired) electrons. The maximum Gasteiger partial charge on any atom is 0.236 e. The molecule has 0 aliphatic carbocycles. The maximum absolute atomic E-state index is 12.0. The van der Waals surface area contributed by atoms with E-state index in [1.165, 1.54) is 18.2 Å². The van der Waals surface area contributed by atoms with Crippen LogP contribution in [0.5, 0.6) is 5.75 Å². The predicted molar refractivity (Wildman–Crippen MR) is 75.8 cm³/mol. The molecule has 0 spiro atoms. The number of nitrogens with one attached hydrogen (secondary N) is 1. The summed E-state index contributed by atoms with van der Waals surface area (Å²) in [6.45, 7) is 0. The van der Waals surface area contributed by atoms with Crippen LogP contribution in [-0.2, 0) is 15.8 Å². The topological polar surface area (TPSA) is 66.4 Å². The molecule has 4 nitrogen and oxygen atoms in total. The lowest BCUT2D eigenvalue weighted by Gasteiger charge is -2.09. The minimum atomic E-state index is -3.54. The quantitative estimate of drug-likeness (QED) is 0.853. The number of hydrogen-bond acceptors (Lipinski definition) is 3. The van der Waals surface area contributed by atoms with E-state index in [9.17, 15) is 13.5 Å². The molecule has 0 saturated carbocycles. The third-order valence-corrected chi connectivity index (χ3v) is 3.97. The zero-order chi connectivity index (χ0) is 13.9. The first-order valence-electron chi connectivity index (χ1n) is 5.49. The Labute approximate surface area is 116 Å². The summed E-state index contributed by atoms with van der Waals surface area (Å²) in [7, 11) is -3.54. The molecule has 0 fully saturated rings. The van der Waals surface area contributed by atoms with E-state index in [1.807, 2.05) is 6.07 Å². The van der Waals surface area contributed by atoms with Gasteiger partial charge in [0, 0.05) is 6.07 Å². The van der Waals surface area contributed by atoms with E-state index in [2.05, 4.69) is 4.72 Å². The second-order valence-corrected chi connectivity index (χ2v) is 6.14. The highest BCUT2D eigenvalue weighted by Gasteiger charge is 2.13. The van der Waals surface area contributed by atoms with Gasteiger partial charge in [-0.3, -0.25) is 4.72 Å². The molecule has 2 aromatic rings. The smallest absolute Gasteiger partial charge is 0.236 e. The number of hydrogen-bond donors (Lipinski definition) is 2. The summed E-state index contributed by atoms with van der Waals surface area (Å²) in [5.41, 5.74) is 0.931. The number of phenols is 1. The molecule has 19 heavy (non-hydrogen) atoms. The van der Waals surface area contributed by atoms with Crippen molar-refractivity contribution in [2.75, 3.05) is 4.72 Å². The van der Waals surface area contributed by atoms with Gasteiger partial charge >= 0.3 is 0 Å². The first-order valence-corrected chi connectivity index (χ1v) is 7.52. The molecule has 2 N–H and O–H groups in total. The van der Waals surface area contributed by atoms with E-state index in [4.69, 9.17) is 11.6 Å². The molecule has 6 heteroatoms. The zero-order valence-corrected chi connectivity index (χ0v) is 11.4. The molecule has 0 amide bonds. The summed E-state index contributed by atoms with van der Waals surface area (Å²) in [4.78, 5) is 0. The van der Waals surface area contributed by atoms with Gasteiger partial charge in [0.2, 0.25) is 10.0 Å². The van der Waals surface area contributed by atoms with Crippen molar-refractivity contribution in [2.45, 2.75) is 5.75 Å². The van der Waals surface area contributed by atoms with Gasteiger partial charge in [-0.05, 0) is 17.7 Å². The zero-order valence-electron chi connectivity index (χ0n) is 9.88. The van der Waals surface area contributed by atoms with Gasteiger partial charge in [0.15, 0.2) is 0 Å². The van der Waals surface area contributed by atoms with Gasteiger partial charge in [0.05, 0.1) is 16.5 Å². The van der Waals surface area contributed by atoms with E-state index < -0.39 is 10.0 Å². The van der Waals surface area contributed by atoms with Crippen molar-refractivity contribution in [1.82, 2.24) is 0 Å². The number of sulfonamides is 1. The van der Waals surface area contributed by atoms with Crippen LogP contribution >= 0.6 is 11.6 Å². The van der Waals surface area contributed by atoms with Gasteiger partial charge < -0.3 is 5.11 Å². The van der Waals surface area contributed by atoms with Crippen LogP contribution in [-0.4, -0.2) is 13.5 Å². The Bertz CT molecular complexity index is 672. The summed E-state index contributed by atoms with van der Waals surface area (Å²) >= 11 is 5.85. The van der Waals surface area contributed by atoms with Gasteiger partial charge in [0.25, 0.3) is 0 Å². The molecule has 0 heterocycles. The molecular weight excluding hydrogens is 286 g/mol. The average molecular weight is 298 g/mol. The van der Waals surface area contributed by atoms with Crippen LogP contribution in [0.25, 0.3) is 0 Å². The second kappa shape index (κ2) is 5.50. The third-order valence-electron chi connectivity index (χ3n) is 2.42. The van der Waals surface area contributed by atoms with Gasteiger partial charge in [-0.25, -0.2) is 8.42 Å². The fourth-order valence-corrected chi connectivity index (χ4v) is 3.08. The minimum absolute atomic E-state index is 0.0176.